The van der Waals surface area contributed by atoms with Gasteiger partial charge in [-0.15, -0.1) is 0 Å². The summed E-state index contributed by atoms with van der Waals surface area (Å²) in [6.07, 6.45) is 2.55. The van der Waals surface area contributed by atoms with Crippen LogP contribution in [0.5, 0.6) is 0 Å². The van der Waals surface area contributed by atoms with E-state index in [1.807, 2.05) is 52.0 Å². The van der Waals surface area contributed by atoms with E-state index in [1.165, 1.54) is 0 Å². The number of carbonyl (C=O) groups is 3. The van der Waals surface area contributed by atoms with Crippen LogP contribution in [-0.4, -0.2) is 29.0 Å². The molecule has 0 bridgehead atoms. The van der Waals surface area contributed by atoms with Gasteiger partial charge in [-0.2, -0.15) is 0 Å². The Kier molecular flexibility index (Phi) is 10.2. The lowest BCUT2D eigenvalue weighted by molar-refractivity contribution is -0.136. The molecule has 7 heteroatoms. The van der Waals surface area contributed by atoms with Crippen molar-refractivity contribution >= 4 is 23.4 Å². The molecule has 0 radical (unpaired) electrons. The first-order valence-corrected chi connectivity index (χ1v) is 9.87. The summed E-state index contributed by atoms with van der Waals surface area (Å²) in [4.78, 5) is 37.0. The van der Waals surface area contributed by atoms with Crippen molar-refractivity contribution in [1.29, 1.82) is 0 Å². The van der Waals surface area contributed by atoms with Crippen LogP contribution in [0.3, 0.4) is 0 Å². The predicted octanol–water partition coefficient (Wildman–Crippen LogP) is 3.17. The highest BCUT2D eigenvalue weighted by Gasteiger charge is 2.27. The molecule has 0 spiro atoms. The van der Waals surface area contributed by atoms with Gasteiger partial charge >= 0.3 is 0 Å². The van der Waals surface area contributed by atoms with Crippen molar-refractivity contribution in [3.05, 3.63) is 29.8 Å². The molecule has 0 heterocycles. The van der Waals surface area contributed by atoms with Gasteiger partial charge in [-0.1, -0.05) is 51.3 Å². The quantitative estimate of drug-likeness (QED) is 0.343. The van der Waals surface area contributed by atoms with Crippen LogP contribution in [0.2, 0.25) is 0 Å². The molecule has 1 aromatic carbocycles. The Morgan fingerprint density at radius 3 is 2.25 bits per heavy atom. The second-order valence-corrected chi connectivity index (χ2v) is 7.62. The van der Waals surface area contributed by atoms with Crippen molar-refractivity contribution in [3.8, 4) is 0 Å². The zero-order valence-electron chi connectivity index (χ0n) is 17.2. The number of benzene rings is 1. The van der Waals surface area contributed by atoms with Gasteiger partial charge in [0.1, 0.15) is 6.04 Å². The Balaban J connectivity index is 2.85. The van der Waals surface area contributed by atoms with Crippen molar-refractivity contribution in [3.63, 3.8) is 0 Å². The number of rotatable bonds is 11. The van der Waals surface area contributed by atoms with Crippen LogP contribution in [-0.2, 0) is 14.4 Å². The Hall–Kier alpha value is -2.41. The summed E-state index contributed by atoms with van der Waals surface area (Å²) in [6.45, 7) is 7.92. The number of nitrogens with one attached hydrogen (secondary N) is 3. The fourth-order valence-corrected chi connectivity index (χ4v) is 2.90. The molecular formula is C21H33N3O4. The Bertz CT molecular complexity index is 644. The highest BCUT2D eigenvalue weighted by molar-refractivity contribution is 5.97. The van der Waals surface area contributed by atoms with E-state index in [-0.39, 0.29) is 24.2 Å². The first-order chi connectivity index (χ1) is 13.3. The van der Waals surface area contributed by atoms with Gasteiger partial charge in [0.25, 0.3) is 0 Å². The van der Waals surface area contributed by atoms with Crippen LogP contribution in [0.4, 0.5) is 5.69 Å². The van der Waals surface area contributed by atoms with Crippen molar-refractivity contribution in [2.75, 3.05) is 5.32 Å². The number of amides is 3. The van der Waals surface area contributed by atoms with Gasteiger partial charge in [-0.05, 0) is 37.8 Å². The third kappa shape index (κ3) is 8.52. The maximum atomic E-state index is 12.7. The Morgan fingerprint density at radius 2 is 1.71 bits per heavy atom. The summed E-state index contributed by atoms with van der Waals surface area (Å²) in [6, 6.07) is 6.74. The van der Waals surface area contributed by atoms with Crippen molar-refractivity contribution in [2.24, 2.45) is 11.8 Å². The second kappa shape index (κ2) is 12.1. The standard InChI is InChI=1S/C21H33N3O4/c1-5-6-7-16(13-19(25)24-28)20(26)23-18(12-14(2)3)21(27)22-17-10-8-15(4)9-11-17/h8-11,14,16,18,28H,5-7,12-13H2,1-4H3,(H,22,27)(H,23,26)(H,24,25)/t16-,18+/m1/s1. The number of anilines is 1. The van der Waals surface area contributed by atoms with Crippen molar-refractivity contribution in [1.82, 2.24) is 10.8 Å². The third-order valence-corrected chi connectivity index (χ3v) is 4.49. The molecule has 0 saturated carbocycles. The molecule has 1 aromatic rings. The van der Waals surface area contributed by atoms with E-state index in [2.05, 4.69) is 10.6 Å². The molecular weight excluding hydrogens is 358 g/mol. The molecule has 2 atom stereocenters. The van der Waals surface area contributed by atoms with E-state index in [1.54, 1.807) is 5.48 Å². The largest absolute Gasteiger partial charge is 0.344 e. The smallest absolute Gasteiger partial charge is 0.246 e. The molecule has 4 N–H and O–H groups in total. The lowest BCUT2D eigenvalue weighted by Crippen LogP contribution is -2.47. The molecule has 0 fully saturated rings. The van der Waals surface area contributed by atoms with E-state index < -0.39 is 17.9 Å². The Morgan fingerprint density at radius 1 is 1.07 bits per heavy atom. The van der Waals surface area contributed by atoms with E-state index in [4.69, 9.17) is 5.21 Å². The average molecular weight is 392 g/mol. The summed E-state index contributed by atoms with van der Waals surface area (Å²) >= 11 is 0. The topological polar surface area (TPSA) is 108 Å². The van der Waals surface area contributed by atoms with Gasteiger partial charge < -0.3 is 10.6 Å². The predicted molar refractivity (Wildman–Crippen MR) is 109 cm³/mol. The molecule has 28 heavy (non-hydrogen) atoms. The highest BCUT2D eigenvalue weighted by Crippen LogP contribution is 2.16. The summed E-state index contributed by atoms with van der Waals surface area (Å²) < 4.78 is 0. The van der Waals surface area contributed by atoms with Crippen LogP contribution in [0.15, 0.2) is 24.3 Å². The minimum atomic E-state index is -0.699. The third-order valence-electron chi connectivity index (χ3n) is 4.49. The highest BCUT2D eigenvalue weighted by atomic mass is 16.5. The molecule has 0 aliphatic carbocycles. The minimum absolute atomic E-state index is 0.115. The number of unbranched alkanes of at least 4 members (excludes halogenated alkanes) is 1. The monoisotopic (exact) mass is 391 g/mol. The fraction of sp³-hybridized carbons (Fsp3) is 0.571. The zero-order chi connectivity index (χ0) is 21.1. The van der Waals surface area contributed by atoms with Crippen LogP contribution >= 0.6 is 0 Å². The summed E-state index contributed by atoms with van der Waals surface area (Å²) in [5.74, 6) is -1.63. The molecule has 0 aliphatic rings. The maximum absolute atomic E-state index is 12.7. The van der Waals surface area contributed by atoms with Gasteiger partial charge in [0.05, 0.1) is 0 Å². The van der Waals surface area contributed by atoms with E-state index >= 15 is 0 Å². The molecule has 0 aliphatic heterocycles. The number of aryl methyl sites for hydroxylation is 1. The zero-order valence-corrected chi connectivity index (χ0v) is 17.2. The summed E-state index contributed by atoms with van der Waals surface area (Å²) in [5, 5.41) is 14.4. The maximum Gasteiger partial charge on any atom is 0.246 e. The number of hydrogen-bond donors (Lipinski definition) is 4. The number of hydrogen-bond acceptors (Lipinski definition) is 4. The Labute approximate surface area is 167 Å². The van der Waals surface area contributed by atoms with Crippen LogP contribution in [0.1, 0.15) is 58.4 Å². The van der Waals surface area contributed by atoms with E-state index in [0.29, 0.717) is 18.5 Å². The minimum Gasteiger partial charge on any atom is -0.344 e. The fourth-order valence-electron chi connectivity index (χ4n) is 2.90. The normalized spacial score (nSPS) is 12.9. The lowest BCUT2D eigenvalue weighted by Gasteiger charge is -2.23. The van der Waals surface area contributed by atoms with Crippen LogP contribution in [0.25, 0.3) is 0 Å². The molecule has 0 saturated heterocycles. The van der Waals surface area contributed by atoms with Crippen LogP contribution in [0, 0.1) is 18.8 Å². The first kappa shape index (κ1) is 23.6. The molecule has 7 nitrogen and oxygen atoms in total. The molecule has 1 rings (SSSR count). The molecule has 0 aromatic heterocycles. The number of hydroxylamine groups is 1. The van der Waals surface area contributed by atoms with E-state index in [0.717, 1.165) is 18.4 Å². The second-order valence-electron chi connectivity index (χ2n) is 7.62. The van der Waals surface area contributed by atoms with Gasteiger partial charge in [-0.3, -0.25) is 19.6 Å². The number of carbonyl (C=O) groups excluding carboxylic acids is 3. The molecule has 3 amide bonds. The van der Waals surface area contributed by atoms with Gasteiger partial charge in [0, 0.05) is 18.0 Å². The van der Waals surface area contributed by atoms with Crippen LogP contribution < -0.4 is 16.1 Å². The SMILES string of the molecule is CCCC[C@H](CC(=O)NO)C(=O)N[C@@H](CC(C)C)C(=O)Nc1ccc(C)cc1. The first-order valence-electron chi connectivity index (χ1n) is 9.87. The van der Waals surface area contributed by atoms with Crippen molar-refractivity contribution in [2.45, 2.75) is 65.8 Å². The van der Waals surface area contributed by atoms with E-state index in [9.17, 15) is 14.4 Å². The lowest BCUT2D eigenvalue weighted by atomic mass is 9.95. The van der Waals surface area contributed by atoms with Gasteiger partial charge in [0.2, 0.25) is 17.7 Å². The average Bonchev–Trinajstić information content (AvgIpc) is 2.65. The molecule has 0 unspecified atom stereocenters. The molecule has 156 valence electrons. The summed E-state index contributed by atoms with van der Waals surface area (Å²) in [5.41, 5.74) is 3.33. The summed E-state index contributed by atoms with van der Waals surface area (Å²) in [7, 11) is 0. The van der Waals surface area contributed by atoms with Crippen molar-refractivity contribution < 1.29 is 19.6 Å². The van der Waals surface area contributed by atoms with Gasteiger partial charge in [-0.25, -0.2) is 5.48 Å². The van der Waals surface area contributed by atoms with Gasteiger partial charge in [0.15, 0.2) is 0 Å².